The van der Waals surface area contributed by atoms with Crippen LogP contribution in [0.3, 0.4) is 0 Å². The number of hydrogen-bond acceptors (Lipinski definition) is 4. The zero-order valence-corrected chi connectivity index (χ0v) is 11.1. The Morgan fingerprint density at radius 2 is 2.28 bits per heavy atom. The van der Waals surface area contributed by atoms with E-state index < -0.39 is 0 Å². The number of aromatic nitrogens is 3. The van der Waals surface area contributed by atoms with Gasteiger partial charge in [-0.05, 0) is 19.3 Å². The van der Waals surface area contributed by atoms with E-state index in [1.807, 2.05) is 4.68 Å². The second kappa shape index (κ2) is 5.96. The van der Waals surface area contributed by atoms with Gasteiger partial charge < -0.3 is 4.74 Å². The van der Waals surface area contributed by atoms with E-state index >= 15 is 0 Å². The predicted molar refractivity (Wildman–Crippen MR) is 67.1 cm³/mol. The number of hydrogen-bond donors (Lipinski definition) is 0. The quantitative estimate of drug-likeness (QED) is 0.801. The maximum absolute atomic E-state index is 8.89. The molecule has 0 radical (unpaired) electrons. The van der Waals surface area contributed by atoms with Gasteiger partial charge in [0.2, 0.25) is 0 Å². The average molecular weight is 248 g/mol. The Labute approximate surface area is 108 Å². The third-order valence-corrected chi connectivity index (χ3v) is 3.66. The smallest absolute Gasteiger partial charge is 0.100 e. The second-order valence-corrected chi connectivity index (χ2v) is 4.73. The Morgan fingerprint density at radius 1 is 1.50 bits per heavy atom. The van der Waals surface area contributed by atoms with E-state index in [1.54, 1.807) is 0 Å². The molecule has 1 aromatic rings. The molecule has 0 aliphatic carbocycles. The highest BCUT2D eigenvalue weighted by Crippen LogP contribution is 2.30. The van der Waals surface area contributed by atoms with Gasteiger partial charge >= 0.3 is 0 Å². The summed E-state index contributed by atoms with van der Waals surface area (Å²) >= 11 is 0. The van der Waals surface area contributed by atoms with Crippen LogP contribution in [-0.2, 0) is 11.2 Å². The minimum absolute atomic E-state index is 0.339. The van der Waals surface area contributed by atoms with Gasteiger partial charge in [0.1, 0.15) is 5.69 Å². The van der Waals surface area contributed by atoms with Crippen LogP contribution in [0.25, 0.3) is 0 Å². The molecule has 5 heteroatoms. The summed E-state index contributed by atoms with van der Waals surface area (Å²) in [6, 6.07) is 2.55. The van der Waals surface area contributed by atoms with Crippen molar-refractivity contribution in [3.8, 4) is 6.07 Å². The van der Waals surface area contributed by atoms with Crippen LogP contribution in [0.5, 0.6) is 0 Å². The summed E-state index contributed by atoms with van der Waals surface area (Å²) in [6.45, 7) is 5.85. The zero-order chi connectivity index (χ0) is 13.0. The Morgan fingerprint density at radius 3 is 2.83 bits per heavy atom. The monoisotopic (exact) mass is 248 g/mol. The van der Waals surface area contributed by atoms with Gasteiger partial charge in [0.05, 0.1) is 30.8 Å². The normalized spacial score (nSPS) is 19.3. The van der Waals surface area contributed by atoms with Gasteiger partial charge in [-0.3, -0.25) is 0 Å². The van der Waals surface area contributed by atoms with Gasteiger partial charge in [0.25, 0.3) is 0 Å². The van der Waals surface area contributed by atoms with Gasteiger partial charge in [-0.25, -0.2) is 4.68 Å². The molecule has 2 heterocycles. The number of nitriles is 1. The molecule has 0 N–H and O–H groups in total. The highest BCUT2D eigenvalue weighted by atomic mass is 16.5. The maximum atomic E-state index is 8.89. The topological polar surface area (TPSA) is 63.7 Å². The Bertz CT molecular complexity index is 425. The van der Waals surface area contributed by atoms with E-state index in [2.05, 4.69) is 30.2 Å². The molecule has 1 aliphatic heterocycles. The molecule has 0 aromatic carbocycles. The lowest BCUT2D eigenvalue weighted by atomic mass is 10.0. The fraction of sp³-hybridized carbons (Fsp3) is 0.769. The van der Waals surface area contributed by atoms with Crippen LogP contribution in [-0.4, -0.2) is 28.2 Å². The van der Waals surface area contributed by atoms with Crippen molar-refractivity contribution in [3.63, 3.8) is 0 Å². The van der Waals surface area contributed by atoms with Crippen molar-refractivity contribution in [3.05, 3.63) is 11.4 Å². The average Bonchev–Trinajstić information content (AvgIpc) is 3.00. The predicted octanol–water partition coefficient (Wildman–Crippen LogP) is 2.21. The fourth-order valence-electron chi connectivity index (χ4n) is 2.61. The van der Waals surface area contributed by atoms with E-state index in [4.69, 9.17) is 10.00 Å². The first-order valence-electron chi connectivity index (χ1n) is 6.70. The fourth-order valence-corrected chi connectivity index (χ4v) is 2.61. The summed E-state index contributed by atoms with van der Waals surface area (Å²) in [7, 11) is 0. The molecule has 0 amide bonds. The van der Waals surface area contributed by atoms with E-state index in [0.29, 0.717) is 18.4 Å². The summed E-state index contributed by atoms with van der Waals surface area (Å²) in [5.41, 5.74) is 1.96. The van der Waals surface area contributed by atoms with Crippen molar-refractivity contribution >= 4 is 0 Å². The number of nitrogens with zero attached hydrogens (tertiary/aromatic N) is 4. The van der Waals surface area contributed by atoms with Crippen LogP contribution in [0.4, 0.5) is 0 Å². The minimum atomic E-state index is 0.339. The molecule has 1 fully saturated rings. The van der Waals surface area contributed by atoms with Gasteiger partial charge in [-0.1, -0.05) is 19.1 Å². The molecule has 0 bridgehead atoms. The lowest BCUT2D eigenvalue weighted by Gasteiger charge is -2.18. The highest BCUT2D eigenvalue weighted by molar-refractivity contribution is 5.20. The summed E-state index contributed by atoms with van der Waals surface area (Å²) in [5, 5.41) is 17.4. The molecule has 1 atom stereocenters. The summed E-state index contributed by atoms with van der Waals surface area (Å²) in [4.78, 5) is 0. The summed E-state index contributed by atoms with van der Waals surface area (Å²) in [6.07, 6.45) is 3.41. The van der Waals surface area contributed by atoms with Crippen molar-refractivity contribution in [2.24, 2.45) is 0 Å². The van der Waals surface area contributed by atoms with Gasteiger partial charge in [-0.2, -0.15) is 5.26 Å². The van der Waals surface area contributed by atoms with Crippen molar-refractivity contribution in [2.75, 3.05) is 13.2 Å². The van der Waals surface area contributed by atoms with Crippen LogP contribution >= 0.6 is 0 Å². The molecular formula is C13H20N4O. The molecular weight excluding hydrogens is 228 g/mol. The van der Waals surface area contributed by atoms with Crippen LogP contribution < -0.4 is 0 Å². The molecule has 2 rings (SSSR count). The summed E-state index contributed by atoms with van der Waals surface area (Å²) < 4.78 is 7.50. The molecule has 0 saturated carbocycles. The minimum Gasteiger partial charge on any atom is -0.381 e. The first kappa shape index (κ1) is 13.0. The van der Waals surface area contributed by atoms with Gasteiger partial charge in [0.15, 0.2) is 0 Å². The molecule has 5 nitrogen and oxygen atoms in total. The van der Waals surface area contributed by atoms with Crippen LogP contribution in [0.15, 0.2) is 0 Å². The van der Waals surface area contributed by atoms with E-state index in [-0.39, 0.29) is 0 Å². The Kier molecular flexibility index (Phi) is 4.32. The number of rotatable bonds is 5. The zero-order valence-electron chi connectivity index (χ0n) is 11.1. The lowest BCUT2D eigenvalue weighted by Crippen LogP contribution is -2.16. The van der Waals surface area contributed by atoms with Crippen LogP contribution in [0.2, 0.25) is 0 Å². The maximum Gasteiger partial charge on any atom is 0.100 e. The molecule has 1 saturated heterocycles. The molecule has 0 spiro atoms. The molecule has 1 unspecified atom stereocenters. The number of ether oxygens (including phenoxy) is 1. The Balaban J connectivity index is 2.36. The standard InChI is InChI=1S/C13H20N4O/c1-3-11(4-2)17-13(10-6-8-18-9-10)12(5-7-14)15-16-17/h10-11H,3-6,8-9H2,1-2H3. The highest BCUT2D eigenvalue weighted by Gasteiger charge is 2.28. The molecule has 98 valence electrons. The second-order valence-electron chi connectivity index (χ2n) is 4.73. The molecule has 1 aliphatic rings. The third-order valence-electron chi connectivity index (χ3n) is 3.66. The van der Waals surface area contributed by atoms with Gasteiger partial charge in [0, 0.05) is 12.5 Å². The first-order chi connectivity index (χ1) is 8.81. The molecule has 1 aromatic heterocycles. The molecule has 18 heavy (non-hydrogen) atoms. The van der Waals surface area contributed by atoms with Crippen LogP contribution in [0, 0.1) is 11.3 Å². The van der Waals surface area contributed by atoms with Crippen molar-refractivity contribution < 1.29 is 4.74 Å². The van der Waals surface area contributed by atoms with Crippen molar-refractivity contribution in [1.29, 1.82) is 5.26 Å². The summed E-state index contributed by atoms with van der Waals surface area (Å²) in [5.74, 6) is 0.351. The van der Waals surface area contributed by atoms with Crippen molar-refractivity contribution in [2.45, 2.75) is 51.5 Å². The Hall–Kier alpha value is -1.41. The van der Waals surface area contributed by atoms with Gasteiger partial charge in [-0.15, -0.1) is 5.10 Å². The van der Waals surface area contributed by atoms with E-state index in [1.165, 1.54) is 0 Å². The lowest BCUT2D eigenvalue weighted by molar-refractivity contribution is 0.192. The van der Waals surface area contributed by atoms with Crippen LogP contribution in [0.1, 0.15) is 56.5 Å². The third kappa shape index (κ3) is 2.39. The first-order valence-corrected chi connectivity index (χ1v) is 6.70. The SMILES string of the molecule is CCC(CC)n1nnc(CC#N)c1C1CCOC1. The van der Waals surface area contributed by atoms with E-state index in [0.717, 1.165) is 43.9 Å². The van der Waals surface area contributed by atoms with E-state index in [9.17, 15) is 0 Å². The largest absolute Gasteiger partial charge is 0.381 e. The van der Waals surface area contributed by atoms with Crippen molar-refractivity contribution in [1.82, 2.24) is 15.0 Å².